The first-order valence-corrected chi connectivity index (χ1v) is 9.26. The van der Waals surface area contributed by atoms with Crippen LogP contribution < -0.4 is 5.32 Å². The number of aromatic nitrogens is 4. The minimum absolute atomic E-state index is 0.0282. The fraction of sp³-hybridized carbons (Fsp3) is 0.450. The summed E-state index contributed by atoms with van der Waals surface area (Å²) in [4.78, 5) is 9.24. The number of methoxy groups -OCH3 is 1. The first-order chi connectivity index (χ1) is 13.2. The number of benzene rings is 1. The lowest BCUT2D eigenvalue weighted by Gasteiger charge is -2.38. The summed E-state index contributed by atoms with van der Waals surface area (Å²) in [5, 5.41) is 8.86. The van der Waals surface area contributed by atoms with E-state index in [1.807, 2.05) is 13.2 Å². The highest BCUT2D eigenvalue weighted by atomic mass is 16.5. The molecule has 7 heteroatoms. The van der Waals surface area contributed by atoms with Crippen LogP contribution in [0.5, 0.6) is 0 Å². The minimum Gasteiger partial charge on any atom is -0.381 e. The summed E-state index contributed by atoms with van der Waals surface area (Å²) in [6.07, 6.45) is 3.78. The Kier molecular flexibility index (Phi) is 5.05. The molecule has 0 atom stereocenters. The van der Waals surface area contributed by atoms with E-state index in [1.54, 1.807) is 11.8 Å². The van der Waals surface area contributed by atoms with Gasteiger partial charge < -0.3 is 14.8 Å². The lowest BCUT2D eigenvalue weighted by molar-refractivity contribution is 0.0544. The van der Waals surface area contributed by atoms with E-state index in [9.17, 15) is 0 Å². The molecule has 1 aromatic carbocycles. The van der Waals surface area contributed by atoms with E-state index in [4.69, 9.17) is 9.47 Å². The van der Waals surface area contributed by atoms with Gasteiger partial charge in [0.15, 0.2) is 11.5 Å². The largest absolute Gasteiger partial charge is 0.381 e. The molecule has 1 saturated heterocycles. The first-order valence-electron chi connectivity index (χ1n) is 9.26. The van der Waals surface area contributed by atoms with Gasteiger partial charge in [0.1, 0.15) is 12.4 Å². The van der Waals surface area contributed by atoms with Crippen molar-refractivity contribution in [3.8, 4) is 0 Å². The van der Waals surface area contributed by atoms with E-state index in [-0.39, 0.29) is 5.41 Å². The SMILES string of the molecule is COCc1nc(NCC2(c3ccccc3)CCOCC2)c2cnn(C)c2n1. The van der Waals surface area contributed by atoms with Gasteiger partial charge in [0.25, 0.3) is 0 Å². The minimum atomic E-state index is 0.0282. The van der Waals surface area contributed by atoms with Crippen molar-refractivity contribution in [3.63, 3.8) is 0 Å². The Labute approximate surface area is 158 Å². The van der Waals surface area contributed by atoms with Crippen LogP contribution in [0.4, 0.5) is 5.82 Å². The Bertz CT molecular complexity index is 903. The molecule has 0 unspecified atom stereocenters. The van der Waals surface area contributed by atoms with Gasteiger partial charge in [-0.1, -0.05) is 30.3 Å². The number of nitrogens with zero attached hydrogens (tertiary/aromatic N) is 4. The Hall–Kier alpha value is -2.51. The highest BCUT2D eigenvalue weighted by Gasteiger charge is 2.34. The van der Waals surface area contributed by atoms with E-state index < -0.39 is 0 Å². The van der Waals surface area contributed by atoms with Crippen molar-refractivity contribution in [2.75, 3.05) is 32.2 Å². The van der Waals surface area contributed by atoms with Crippen LogP contribution in [0.1, 0.15) is 24.2 Å². The van der Waals surface area contributed by atoms with E-state index in [0.717, 1.165) is 49.5 Å². The Balaban J connectivity index is 1.66. The summed E-state index contributed by atoms with van der Waals surface area (Å²) in [5.74, 6) is 1.46. The Morgan fingerprint density at radius 3 is 2.70 bits per heavy atom. The first kappa shape index (κ1) is 17.9. The van der Waals surface area contributed by atoms with Gasteiger partial charge in [-0.25, -0.2) is 9.97 Å². The molecule has 4 rings (SSSR count). The summed E-state index contributed by atoms with van der Waals surface area (Å²) in [6.45, 7) is 2.70. The molecule has 27 heavy (non-hydrogen) atoms. The number of fused-ring (bicyclic) bond motifs is 1. The molecule has 0 bridgehead atoms. The van der Waals surface area contributed by atoms with Gasteiger partial charge in [0.05, 0.1) is 11.6 Å². The summed E-state index contributed by atoms with van der Waals surface area (Å²) in [6, 6.07) is 10.7. The number of nitrogens with one attached hydrogen (secondary N) is 1. The number of rotatable bonds is 6. The molecule has 3 aromatic rings. The molecule has 0 amide bonds. The fourth-order valence-corrected chi connectivity index (χ4v) is 3.77. The monoisotopic (exact) mass is 367 g/mol. The molecule has 1 fully saturated rings. The van der Waals surface area contributed by atoms with Crippen LogP contribution in [-0.4, -0.2) is 46.6 Å². The van der Waals surface area contributed by atoms with Gasteiger partial charge in [-0.3, -0.25) is 4.68 Å². The van der Waals surface area contributed by atoms with Gasteiger partial charge in [-0.05, 0) is 18.4 Å². The van der Waals surface area contributed by atoms with Crippen molar-refractivity contribution in [1.82, 2.24) is 19.7 Å². The third-order valence-electron chi connectivity index (χ3n) is 5.34. The maximum atomic E-state index is 5.64. The molecule has 3 heterocycles. The molecule has 0 saturated carbocycles. The van der Waals surface area contributed by atoms with Crippen LogP contribution in [0.3, 0.4) is 0 Å². The average molecular weight is 367 g/mol. The third-order valence-corrected chi connectivity index (χ3v) is 5.34. The van der Waals surface area contributed by atoms with Crippen molar-refractivity contribution < 1.29 is 9.47 Å². The molecular formula is C20H25N5O2. The second-order valence-electron chi connectivity index (χ2n) is 7.04. The third kappa shape index (κ3) is 3.52. The summed E-state index contributed by atoms with van der Waals surface area (Å²) in [5.41, 5.74) is 2.18. The zero-order valence-corrected chi connectivity index (χ0v) is 15.8. The van der Waals surface area contributed by atoms with Crippen LogP contribution in [0.2, 0.25) is 0 Å². The van der Waals surface area contributed by atoms with Crippen molar-refractivity contribution in [2.45, 2.75) is 24.9 Å². The van der Waals surface area contributed by atoms with Crippen molar-refractivity contribution >= 4 is 16.9 Å². The molecule has 2 aromatic heterocycles. The molecule has 0 spiro atoms. The smallest absolute Gasteiger partial charge is 0.163 e. The van der Waals surface area contributed by atoms with Gasteiger partial charge >= 0.3 is 0 Å². The van der Waals surface area contributed by atoms with Gasteiger partial charge in [-0.2, -0.15) is 5.10 Å². The van der Waals surface area contributed by atoms with Crippen LogP contribution >= 0.6 is 0 Å². The summed E-state index contributed by atoms with van der Waals surface area (Å²) < 4.78 is 12.6. The van der Waals surface area contributed by atoms with Gasteiger partial charge in [0, 0.05) is 39.3 Å². The zero-order valence-electron chi connectivity index (χ0n) is 15.8. The van der Waals surface area contributed by atoms with E-state index in [2.05, 4.69) is 50.7 Å². The van der Waals surface area contributed by atoms with Crippen LogP contribution in [-0.2, 0) is 28.5 Å². The molecule has 1 aliphatic heterocycles. The lowest BCUT2D eigenvalue weighted by atomic mass is 9.74. The zero-order chi connectivity index (χ0) is 18.7. The number of hydrogen-bond acceptors (Lipinski definition) is 6. The average Bonchev–Trinajstić information content (AvgIpc) is 3.09. The predicted molar refractivity (Wildman–Crippen MR) is 104 cm³/mol. The van der Waals surface area contributed by atoms with E-state index in [0.29, 0.717) is 12.4 Å². The molecular weight excluding hydrogens is 342 g/mol. The fourth-order valence-electron chi connectivity index (χ4n) is 3.77. The van der Waals surface area contributed by atoms with E-state index in [1.165, 1.54) is 5.56 Å². The van der Waals surface area contributed by atoms with Crippen molar-refractivity contribution in [1.29, 1.82) is 0 Å². The molecule has 142 valence electrons. The normalized spacial score (nSPS) is 16.5. The lowest BCUT2D eigenvalue weighted by Crippen LogP contribution is -2.40. The molecule has 1 aliphatic rings. The molecule has 1 N–H and O–H groups in total. The van der Waals surface area contributed by atoms with Crippen molar-refractivity contribution in [3.05, 3.63) is 47.9 Å². The second kappa shape index (κ2) is 7.62. The van der Waals surface area contributed by atoms with Gasteiger partial charge in [-0.15, -0.1) is 0 Å². The highest BCUT2D eigenvalue weighted by Crippen LogP contribution is 2.35. The van der Waals surface area contributed by atoms with Crippen molar-refractivity contribution in [2.24, 2.45) is 7.05 Å². The Morgan fingerprint density at radius 2 is 1.96 bits per heavy atom. The number of aryl methyl sites for hydroxylation is 1. The predicted octanol–water partition coefficient (Wildman–Crippen LogP) is 2.67. The van der Waals surface area contributed by atoms with Crippen LogP contribution in [0.15, 0.2) is 36.5 Å². The Morgan fingerprint density at radius 1 is 1.19 bits per heavy atom. The maximum absolute atomic E-state index is 5.64. The van der Waals surface area contributed by atoms with Crippen LogP contribution in [0.25, 0.3) is 11.0 Å². The quantitative estimate of drug-likeness (QED) is 0.722. The summed E-state index contributed by atoms with van der Waals surface area (Å²) >= 11 is 0. The molecule has 0 radical (unpaired) electrons. The van der Waals surface area contributed by atoms with Gasteiger partial charge in [0.2, 0.25) is 0 Å². The molecule has 0 aliphatic carbocycles. The second-order valence-corrected chi connectivity index (χ2v) is 7.04. The number of hydrogen-bond donors (Lipinski definition) is 1. The number of anilines is 1. The number of ether oxygens (including phenoxy) is 2. The highest BCUT2D eigenvalue weighted by molar-refractivity contribution is 5.86. The summed E-state index contributed by atoms with van der Waals surface area (Å²) in [7, 11) is 3.54. The molecule has 7 nitrogen and oxygen atoms in total. The maximum Gasteiger partial charge on any atom is 0.163 e. The standard InChI is InChI=1S/C20H25N5O2/c1-25-19-16(12-22-25)18(23-17(24-19)13-26-2)21-14-20(8-10-27-11-9-20)15-6-4-3-5-7-15/h3-7,12H,8-11,13-14H2,1-2H3,(H,21,23,24). The van der Waals surface area contributed by atoms with E-state index >= 15 is 0 Å². The topological polar surface area (TPSA) is 74.1 Å². The van der Waals surface area contributed by atoms with Crippen LogP contribution in [0, 0.1) is 0 Å².